The molecule has 0 aromatic heterocycles. The highest BCUT2D eigenvalue weighted by atomic mass is 79.9. The number of halogens is 2. The maximum Gasteiger partial charge on any atom is 0.262 e. The number of phenols is 1. The highest BCUT2D eigenvalue weighted by molar-refractivity contribution is 9.11. The van der Waals surface area contributed by atoms with E-state index in [1.54, 1.807) is 13.8 Å². The van der Waals surface area contributed by atoms with Gasteiger partial charge >= 0.3 is 0 Å². The van der Waals surface area contributed by atoms with E-state index in [2.05, 4.69) is 36.6 Å². The predicted molar refractivity (Wildman–Crippen MR) is 95.0 cm³/mol. The van der Waals surface area contributed by atoms with E-state index in [0.717, 1.165) is 5.56 Å². The monoisotopic (exact) mass is 447 g/mol. The molecule has 4 nitrogen and oxygen atoms in total. The third-order valence-corrected chi connectivity index (χ3v) is 6.04. The van der Waals surface area contributed by atoms with Crippen molar-refractivity contribution in [1.29, 1.82) is 0 Å². The molecule has 0 amide bonds. The summed E-state index contributed by atoms with van der Waals surface area (Å²) in [6.45, 7) is 5.48. The van der Waals surface area contributed by atoms with Gasteiger partial charge in [0.05, 0.1) is 19.5 Å². The van der Waals surface area contributed by atoms with Crippen molar-refractivity contribution >= 4 is 47.6 Å². The maximum atomic E-state index is 12.7. The molecular formula is C15H15Br2NO3S. The molecule has 0 radical (unpaired) electrons. The number of hydrogen-bond donors (Lipinski definition) is 2. The summed E-state index contributed by atoms with van der Waals surface area (Å²) in [4.78, 5) is 0.276. The van der Waals surface area contributed by atoms with Crippen molar-refractivity contribution in [1.82, 2.24) is 0 Å². The summed E-state index contributed by atoms with van der Waals surface area (Å²) in [5.41, 5.74) is 2.77. The van der Waals surface area contributed by atoms with Crippen molar-refractivity contribution in [2.45, 2.75) is 25.7 Å². The Morgan fingerprint density at radius 3 is 1.86 bits per heavy atom. The van der Waals surface area contributed by atoms with Gasteiger partial charge in [0.25, 0.3) is 10.0 Å². The molecule has 118 valence electrons. The van der Waals surface area contributed by atoms with Crippen LogP contribution in [0.3, 0.4) is 0 Å². The number of rotatable bonds is 3. The van der Waals surface area contributed by atoms with Crippen molar-refractivity contribution in [3.8, 4) is 5.75 Å². The highest BCUT2D eigenvalue weighted by Gasteiger charge is 2.20. The van der Waals surface area contributed by atoms with Crippen molar-refractivity contribution < 1.29 is 13.5 Å². The van der Waals surface area contributed by atoms with Crippen LogP contribution in [0.2, 0.25) is 0 Å². The number of benzene rings is 2. The zero-order valence-corrected chi connectivity index (χ0v) is 16.2. The molecule has 0 aliphatic heterocycles. The average molecular weight is 449 g/mol. The lowest BCUT2D eigenvalue weighted by Crippen LogP contribution is -2.16. The van der Waals surface area contributed by atoms with Gasteiger partial charge in [-0.1, -0.05) is 17.7 Å². The van der Waals surface area contributed by atoms with Crippen molar-refractivity contribution in [2.75, 3.05) is 4.72 Å². The number of hydrogen-bond acceptors (Lipinski definition) is 3. The van der Waals surface area contributed by atoms with E-state index < -0.39 is 10.0 Å². The predicted octanol–water partition coefficient (Wildman–Crippen LogP) is 4.64. The van der Waals surface area contributed by atoms with E-state index in [0.29, 0.717) is 25.8 Å². The first kappa shape index (κ1) is 17.3. The summed E-state index contributed by atoms with van der Waals surface area (Å²) < 4.78 is 28.7. The molecule has 0 fully saturated rings. The number of nitrogens with one attached hydrogen (secondary N) is 1. The van der Waals surface area contributed by atoms with E-state index in [1.165, 1.54) is 12.1 Å². The Morgan fingerprint density at radius 1 is 0.955 bits per heavy atom. The topological polar surface area (TPSA) is 66.4 Å². The van der Waals surface area contributed by atoms with E-state index in [9.17, 15) is 13.5 Å². The number of aromatic hydroxyl groups is 1. The quantitative estimate of drug-likeness (QED) is 0.672. The highest BCUT2D eigenvalue weighted by Crippen LogP contribution is 2.36. The van der Waals surface area contributed by atoms with Crippen LogP contribution in [0.25, 0.3) is 0 Å². The van der Waals surface area contributed by atoms with Gasteiger partial charge in [0.2, 0.25) is 0 Å². The molecule has 0 heterocycles. The van der Waals surface area contributed by atoms with Gasteiger partial charge in [-0.15, -0.1) is 0 Å². The molecule has 0 saturated carbocycles. The minimum atomic E-state index is -3.71. The third kappa shape index (κ3) is 3.47. The molecule has 0 spiro atoms. The van der Waals surface area contributed by atoms with Crippen LogP contribution in [0.1, 0.15) is 16.7 Å². The molecule has 0 unspecified atom stereocenters. The van der Waals surface area contributed by atoms with Gasteiger partial charge in [-0.3, -0.25) is 4.72 Å². The molecule has 2 aromatic rings. The van der Waals surface area contributed by atoms with Gasteiger partial charge in [-0.2, -0.15) is 0 Å². The lowest BCUT2D eigenvalue weighted by Gasteiger charge is -2.14. The first-order chi connectivity index (χ1) is 10.1. The molecule has 7 heteroatoms. The average Bonchev–Trinajstić information content (AvgIpc) is 2.33. The van der Waals surface area contributed by atoms with Crippen LogP contribution in [0, 0.1) is 20.8 Å². The molecule has 0 atom stereocenters. The Bertz CT molecular complexity index is 802. The van der Waals surface area contributed by atoms with Gasteiger partial charge in [-0.25, -0.2) is 8.42 Å². The second kappa shape index (κ2) is 6.22. The van der Waals surface area contributed by atoms with Crippen molar-refractivity contribution in [3.05, 3.63) is 49.9 Å². The number of anilines is 1. The number of aryl methyl sites for hydroxylation is 3. The largest absolute Gasteiger partial charge is 0.506 e. The fourth-order valence-electron chi connectivity index (χ4n) is 2.42. The van der Waals surface area contributed by atoms with Gasteiger partial charge in [-0.05, 0) is 75.9 Å². The zero-order chi connectivity index (χ0) is 16.7. The summed E-state index contributed by atoms with van der Waals surface area (Å²) in [7, 11) is -3.71. The number of sulfonamides is 1. The summed E-state index contributed by atoms with van der Waals surface area (Å²) in [6.07, 6.45) is 0. The lowest BCUT2D eigenvalue weighted by atomic mass is 10.1. The van der Waals surface area contributed by atoms with Crippen LogP contribution in [0.5, 0.6) is 5.75 Å². The normalized spacial score (nSPS) is 11.5. The van der Waals surface area contributed by atoms with Crippen LogP contribution in [0.4, 0.5) is 5.69 Å². The molecule has 0 saturated heterocycles. The second-order valence-electron chi connectivity index (χ2n) is 5.12. The van der Waals surface area contributed by atoms with Crippen LogP contribution in [-0.4, -0.2) is 13.5 Å². The minimum absolute atomic E-state index is 0.0191. The molecule has 22 heavy (non-hydrogen) atoms. The van der Waals surface area contributed by atoms with Gasteiger partial charge < -0.3 is 5.11 Å². The zero-order valence-electron chi connectivity index (χ0n) is 12.2. The summed E-state index contributed by atoms with van der Waals surface area (Å²) >= 11 is 6.37. The lowest BCUT2D eigenvalue weighted by molar-refractivity contribution is 0.468. The molecular weight excluding hydrogens is 434 g/mol. The molecule has 2 N–H and O–H groups in total. The summed E-state index contributed by atoms with van der Waals surface area (Å²) in [5.74, 6) is 0.0191. The third-order valence-electron chi connectivity index (χ3n) is 3.14. The molecule has 2 aromatic carbocycles. The Labute approximate surface area is 146 Å². The molecule has 0 bridgehead atoms. The van der Waals surface area contributed by atoms with Gasteiger partial charge in [0.15, 0.2) is 0 Å². The van der Waals surface area contributed by atoms with Crippen LogP contribution < -0.4 is 4.72 Å². The van der Waals surface area contributed by atoms with Crippen LogP contribution >= 0.6 is 31.9 Å². The first-order valence-corrected chi connectivity index (χ1v) is 9.47. The first-order valence-electron chi connectivity index (χ1n) is 6.40. The number of phenolic OH excluding ortho intramolecular Hbond substituents is 1. The second-order valence-corrected chi connectivity index (χ2v) is 8.45. The standard InChI is InChI=1S/C15H15Br2NO3S/c1-8-4-9(2)15(10(3)5-8)22(20,21)18-11-6-12(16)14(19)13(17)7-11/h4-7,18-19H,1-3H3. The molecule has 0 aliphatic carbocycles. The van der Waals surface area contributed by atoms with Gasteiger partial charge in [0.1, 0.15) is 5.75 Å². The van der Waals surface area contributed by atoms with Crippen molar-refractivity contribution in [3.63, 3.8) is 0 Å². The van der Waals surface area contributed by atoms with Gasteiger partial charge in [0, 0.05) is 0 Å². The summed E-state index contributed by atoms with van der Waals surface area (Å²) in [5, 5.41) is 9.69. The minimum Gasteiger partial charge on any atom is -0.506 e. The van der Waals surface area contributed by atoms with E-state index in [1.807, 2.05) is 19.1 Å². The maximum absolute atomic E-state index is 12.7. The Kier molecular flexibility index (Phi) is 4.89. The smallest absolute Gasteiger partial charge is 0.262 e. The fraction of sp³-hybridized carbons (Fsp3) is 0.200. The summed E-state index contributed by atoms with van der Waals surface area (Å²) in [6, 6.07) is 6.70. The molecule has 0 aliphatic rings. The van der Waals surface area contributed by atoms with Crippen LogP contribution in [0.15, 0.2) is 38.1 Å². The van der Waals surface area contributed by atoms with Crippen molar-refractivity contribution in [2.24, 2.45) is 0 Å². The van der Waals surface area contributed by atoms with E-state index in [4.69, 9.17) is 0 Å². The Morgan fingerprint density at radius 2 is 1.41 bits per heavy atom. The SMILES string of the molecule is Cc1cc(C)c(S(=O)(=O)Nc2cc(Br)c(O)c(Br)c2)c(C)c1. The fourth-order valence-corrected chi connectivity index (χ4v) is 5.10. The van der Waals surface area contributed by atoms with E-state index in [-0.39, 0.29) is 10.6 Å². The molecule has 2 rings (SSSR count). The van der Waals surface area contributed by atoms with Crippen LogP contribution in [-0.2, 0) is 10.0 Å². The Hall–Kier alpha value is -1.05. The van der Waals surface area contributed by atoms with E-state index >= 15 is 0 Å². The Balaban J connectivity index is 2.49.